The zero-order valence-corrected chi connectivity index (χ0v) is 19.3. The van der Waals surface area contributed by atoms with Gasteiger partial charge in [-0.3, -0.25) is 0 Å². The van der Waals surface area contributed by atoms with Crippen LogP contribution < -0.4 is 15.4 Å². The predicted octanol–water partition coefficient (Wildman–Crippen LogP) is 3.33. The van der Waals surface area contributed by atoms with Crippen LogP contribution in [0.15, 0.2) is 27.7 Å². The minimum absolute atomic E-state index is 0. The van der Waals surface area contributed by atoms with E-state index in [4.69, 9.17) is 14.2 Å². The number of rotatable bonds is 9. The maximum atomic E-state index is 5.77. The Hall–Kier alpha value is -0.580. The molecule has 1 aromatic carbocycles. The first kappa shape index (κ1) is 23.5. The van der Waals surface area contributed by atoms with E-state index in [0.717, 1.165) is 67.5 Å². The zero-order chi connectivity index (χ0) is 17.9. The van der Waals surface area contributed by atoms with Crippen molar-refractivity contribution in [3.63, 3.8) is 0 Å². The van der Waals surface area contributed by atoms with Crippen LogP contribution in [-0.4, -0.2) is 52.1 Å². The number of benzene rings is 1. The Morgan fingerprint density at radius 2 is 2.23 bits per heavy atom. The summed E-state index contributed by atoms with van der Waals surface area (Å²) in [6.45, 7) is 6.52. The summed E-state index contributed by atoms with van der Waals surface area (Å²) in [6, 6.07) is 5.94. The standard InChI is InChI=1S/C18H28BrN3O3.HI/c1-3-20-18(21-8-4-9-25-16-7-10-24-13-16)22-12-14-11-15(19)5-6-17(14)23-2;/h5-6,11,16H,3-4,7-10,12-13H2,1-2H3,(H2,20,21,22);1H. The van der Waals surface area contributed by atoms with Crippen LogP contribution in [0.1, 0.15) is 25.3 Å². The molecule has 6 nitrogen and oxygen atoms in total. The third-order valence-electron chi connectivity index (χ3n) is 3.85. The van der Waals surface area contributed by atoms with Gasteiger partial charge in [-0.05, 0) is 38.0 Å². The lowest BCUT2D eigenvalue weighted by atomic mass is 10.2. The summed E-state index contributed by atoms with van der Waals surface area (Å²) in [5.41, 5.74) is 1.04. The molecule has 2 rings (SSSR count). The molecule has 148 valence electrons. The molecule has 1 saturated heterocycles. The number of hydrogen-bond donors (Lipinski definition) is 2. The Balaban J connectivity index is 0.00000338. The van der Waals surface area contributed by atoms with Gasteiger partial charge in [0.15, 0.2) is 5.96 Å². The van der Waals surface area contributed by atoms with Gasteiger partial charge in [0.05, 0.1) is 26.4 Å². The van der Waals surface area contributed by atoms with E-state index < -0.39 is 0 Å². The topological polar surface area (TPSA) is 64.1 Å². The van der Waals surface area contributed by atoms with Gasteiger partial charge >= 0.3 is 0 Å². The molecular formula is C18H29BrIN3O3. The molecule has 0 bridgehead atoms. The molecule has 1 aliphatic heterocycles. The molecule has 1 aromatic rings. The van der Waals surface area contributed by atoms with E-state index in [1.165, 1.54) is 0 Å². The van der Waals surface area contributed by atoms with Crippen LogP contribution in [-0.2, 0) is 16.0 Å². The Bertz CT molecular complexity index is 554. The van der Waals surface area contributed by atoms with Gasteiger partial charge in [0.25, 0.3) is 0 Å². The molecular weight excluding hydrogens is 513 g/mol. The number of nitrogens with one attached hydrogen (secondary N) is 2. The van der Waals surface area contributed by atoms with Gasteiger partial charge in [-0.25, -0.2) is 4.99 Å². The van der Waals surface area contributed by atoms with Gasteiger partial charge in [-0.2, -0.15) is 0 Å². The van der Waals surface area contributed by atoms with Crippen LogP contribution in [0.5, 0.6) is 5.75 Å². The molecule has 8 heteroatoms. The summed E-state index contributed by atoms with van der Waals surface area (Å²) in [7, 11) is 1.68. The highest BCUT2D eigenvalue weighted by Crippen LogP contribution is 2.23. The van der Waals surface area contributed by atoms with E-state index in [1.54, 1.807) is 7.11 Å². The summed E-state index contributed by atoms with van der Waals surface area (Å²) in [4.78, 5) is 4.64. The molecule has 0 spiro atoms. The quantitative estimate of drug-likeness (QED) is 0.217. The SMILES string of the molecule is CCNC(=NCc1cc(Br)ccc1OC)NCCCOC1CCOC1.I. The van der Waals surface area contributed by atoms with Crippen LogP contribution >= 0.6 is 39.9 Å². The molecule has 1 atom stereocenters. The predicted molar refractivity (Wildman–Crippen MR) is 119 cm³/mol. The molecule has 1 fully saturated rings. The summed E-state index contributed by atoms with van der Waals surface area (Å²) >= 11 is 3.49. The highest BCUT2D eigenvalue weighted by atomic mass is 127. The maximum Gasteiger partial charge on any atom is 0.191 e. The fourth-order valence-electron chi connectivity index (χ4n) is 2.55. The molecule has 2 N–H and O–H groups in total. The minimum Gasteiger partial charge on any atom is -0.496 e. The fourth-order valence-corrected chi connectivity index (χ4v) is 2.96. The van der Waals surface area contributed by atoms with Gasteiger partial charge in [0.1, 0.15) is 5.75 Å². The van der Waals surface area contributed by atoms with Crippen molar-refractivity contribution in [2.24, 2.45) is 4.99 Å². The van der Waals surface area contributed by atoms with Crippen molar-refractivity contribution in [2.75, 3.05) is 40.0 Å². The smallest absolute Gasteiger partial charge is 0.191 e. The number of halogens is 2. The first-order chi connectivity index (χ1) is 12.2. The molecule has 26 heavy (non-hydrogen) atoms. The number of hydrogen-bond acceptors (Lipinski definition) is 4. The van der Waals surface area contributed by atoms with Gasteiger partial charge in [-0.15, -0.1) is 24.0 Å². The van der Waals surface area contributed by atoms with Gasteiger partial charge in [0.2, 0.25) is 0 Å². The Labute approximate surface area is 181 Å². The van der Waals surface area contributed by atoms with Gasteiger partial charge < -0.3 is 24.8 Å². The van der Waals surface area contributed by atoms with Crippen LogP contribution in [0.3, 0.4) is 0 Å². The maximum absolute atomic E-state index is 5.77. The van der Waals surface area contributed by atoms with Crippen molar-refractivity contribution in [1.29, 1.82) is 0 Å². The first-order valence-electron chi connectivity index (χ1n) is 8.77. The Morgan fingerprint density at radius 3 is 2.92 bits per heavy atom. The number of nitrogens with zero attached hydrogens (tertiary/aromatic N) is 1. The lowest BCUT2D eigenvalue weighted by molar-refractivity contribution is 0.0420. The zero-order valence-electron chi connectivity index (χ0n) is 15.4. The average molecular weight is 542 g/mol. The van der Waals surface area contributed by atoms with Crippen molar-refractivity contribution in [3.05, 3.63) is 28.2 Å². The normalized spacial score (nSPS) is 16.9. The van der Waals surface area contributed by atoms with E-state index in [2.05, 4.69) is 38.5 Å². The van der Waals surface area contributed by atoms with E-state index in [0.29, 0.717) is 6.54 Å². The van der Waals surface area contributed by atoms with Crippen molar-refractivity contribution < 1.29 is 14.2 Å². The van der Waals surface area contributed by atoms with Crippen molar-refractivity contribution in [2.45, 2.75) is 32.4 Å². The first-order valence-corrected chi connectivity index (χ1v) is 9.56. The van der Waals surface area contributed by atoms with Crippen molar-refractivity contribution in [3.8, 4) is 5.75 Å². The number of methoxy groups -OCH3 is 1. The number of aliphatic imine (C=N–C) groups is 1. The molecule has 0 radical (unpaired) electrons. The highest BCUT2D eigenvalue weighted by molar-refractivity contribution is 14.0. The largest absolute Gasteiger partial charge is 0.496 e. The molecule has 0 saturated carbocycles. The van der Waals surface area contributed by atoms with Crippen molar-refractivity contribution >= 4 is 45.9 Å². The third kappa shape index (κ3) is 8.41. The van der Waals surface area contributed by atoms with E-state index in [-0.39, 0.29) is 30.1 Å². The lowest BCUT2D eigenvalue weighted by Crippen LogP contribution is -2.38. The second-order valence-corrected chi connectivity index (χ2v) is 6.70. The number of guanidine groups is 1. The number of ether oxygens (including phenoxy) is 3. The lowest BCUT2D eigenvalue weighted by Gasteiger charge is -2.13. The van der Waals surface area contributed by atoms with Crippen molar-refractivity contribution in [1.82, 2.24) is 10.6 Å². The highest BCUT2D eigenvalue weighted by Gasteiger charge is 2.15. The second-order valence-electron chi connectivity index (χ2n) is 5.79. The summed E-state index contributed by atoms with van der Waals surface area (Å²) in [5.74, 6) is 1.64. The van der Waals surface area contributed by atoms with Crippen LogP contribution in [0.2, 0.25) is 0 Å². The van der Waals surface area contributed by atoms with Gasteiger partial charge in [-0.1, -0.05) is 15.9 Å². The molecule has 0 aliphatic carbocycles. The van der Waals surface area contributed by atoms with E-state index in [9.17, 15) is 0 Å². The average Bonchev–Trinajstić information content (AvgIpc) is 3.13. The van der Waals surface area contributed by atoms with E-state index >= 15 is 0 Å². The molecule has 1 heterocycles. The summed E-state index contributed by atoms with van der Waals surface area (Å²) in [6.07, 6.45) is 2.21. The second kappa shape index (κ2) is 13.6. The molecule has 0 aromatic heterocycles. The molecule has 1 aliphatic rings. The Morgan fingerprint density at radius 1 is 1.38 bits per heavy atom. The third-order valence-corrected chi connectivity index (χ3v) is 4.34. The van der Waals surface area contributed by atoms with E-state index in [1.807, 2.05) is 18.2 Å². The van der Waals surface area contributed by atoms with Crippen LogP contribution in [0.4, 0.5) is 0 Å². The van der Waals surface area contributed by atoms with Crippen LogP contribution in [0.25, 0.3) is 0 Å². The minimum atomic E-state index is 0. The monoisotopic (exact) mass is 541 g/mol. The van der Waals surface area contributed by atoms with Gasteiger partial charge in [0, 0.05) is 36.3 Å². The molecule has 0 amide bonds. The fraction of sp³-hybridized carbons (Fsp3) is 0.611. The van der Waals surface area contributed by atoms with Crippen LogP contribution in [0, 0.1) is 0 Å². The summed E-state index contributed by atoms with van der Waals surface area (Å²) < 4.78 is 17.5. The summed E-state index contributed by atoms with van der Waals surface area (Å²) in [5, 5.41) is 6.61. The Kier molecular flexibility index (Phi) is 12.2. The molecule has 1 unspecified atom stereocenters.